The molecule has 0 aromatic carbocycles. The maximum absolute atomic E-state index is 11.8. The van der Waals surface area contributed by atoms with Gasteiger partial charge in [-0.1, -0.05) is 24.9 Å². The first kappa shape index (κ1) is 19.6. The lowest BCUT2D eigenvalue weighted by molar-refractivity contribution is 0.579. The van der Waals surface area contributed by atoms with E-state index in [0.717, 1.165) is 28.6 Å². The Labute approximate surface area is 163 Å². The van der Waals surface area contributed by atoms with Gasteiger partial charge in [-0.2, -0.15) is 0 Å². The van der Waals surface area contributed by atoms with Gasteiger partial charge in [0.05, 0.1) is 5.75 Å². The number of halogens is 1. The SMILES string of the molecule is CCCCS(=O)(=O)NCCNc1cc(-c2c[nH]c3ncccc23)cc(Cl)n1. The minimum Gasteiger partial charge on any atom is -0.369 e. The Bertz CT molecular complexity index is 1020. The van der Waals surface area contributed by atoms with Gasteiger partial charge in [0.1, 0.15) is 16.6 Å². The molecule has 0 saturated carbocycles. The van der Waals surface area contributed by atoms with Gasteiger partial charge < -0.3 is 10.3 Å². The molecule has 0 radical (unpaired) electrons. The van der Waals surface area contributed by atoms with Gasteiger partial charge in [-0.3, -0.25) is 0 Å². The molecule has 144 valence electrons. The number of rotatable bonds is 9. The molecule has 27 heavy (non-hydrogen) atoms. The second-order valence-electron chi connectivity index (χ2n) is 6.16. The lowest BCUT2D eigenvalue weighted by atomic mass is 10.1. The number of hydrogen-bond donors (Lipinski definition) is 3. The van der Waals surface area contributed by atoms with E-state index in [1.54, 1.807) is 12.3 Å². The van der Waals surface area contributed by atoms with Crippen LogP contribution in [-0.4, -0.2) is 42.2 Å². The fourth-order valence-corrected chi connectivity index (χ4v) is 4.18. The molecule has 0 aliphatic carbocycles. The zero-order chi connectivity index (χ0) is 19.3. The number of nitrogens with zero attached hydrogens (tertiary/aromatic N) is 2. The van der Waals surface area contributed by atoms with Crippen LogP contribution in [0.5, 0.6) is 0 Å². The van der Waals surface area contributed by atoms with E-state index in [2.05, 4.69) is 25.0 Å². The molecule has 0 amide bonds. The fraction of sp³-hybridized carbons (Fsp3) is 0.333. The van der Waals surface area contributed by atoms with Gasteiger partial charge in [0.2, 0.25) is 10.0 Å². The lowest BCUT2D eigenvalue weighted by Gasteiger charge is -2.10. The van der Waals surface area contributed by atoms with Gasteiger partial charge in [-0.25, -0.2) is 23.1 Å². The minimum atomic E-state index is -3.22. The summed E-state index contributed by atoms with van der Waals surface area (Å²) in [7, 11) is -3.22. The number of H-pyrrole nitrogens is 1. The maximum atomic E-state index is 11.8. The number of hydrogen-bond acceptors (Lipinski definition) is 5. The summed E-state index contributed by atoms with van der Waals surface area (Å²) in [5.41, 5.74) is 2.68. The quantitative estimate of drug-likeness (QED) is 0.373. The average Bonchev–Trinajstić information content (AvgIpc) is 3.07. The number of anilines is 1. The highest BCUT2D eigenvalue weighted by Crippen LogP contribution is 2.30. The van der Waals surface area contributed by atoms with Crippen LogP contribution in [0.4, 0.5) is 5.82 Å². The first-order chi connectivity index (χ1) is 13.0. The van der Waals surface area contributed by atoms with Crippen molar-refractivity contribution in [2.45, 2.75) is 19.8 Å². The minimum absolute atomic E-state index is 0.150. The van der Waals surface area contributed by atoms with Crippen LogP contribution in [0.2, 0.25) is 5.15 Å². The molecule has 3 N–H and O–H groups in total. The van der Waals surface area contributed by atoms with Gasteiger partial charge in [0.15, 0.2) is 0 Å². The predicted octanol–water partition coefficient (Wildman–Crippen LogP) is 3.41. The van der Waals surface area contributed by atoms with Gasteiger partial charge in [0, 0.05) is 36.4 Å². The van der Waals surface area contributed by atoms with Crippen LogP contribution >= 0.6 is 11.6 Å². The predicted molar refractivity (Wildman–Crippen MR) is 110 cm³/mol. The van der Waals surface area contributed by atoms with Crippen molar-refractivity contribution >= 4 is 38.5 Å². The Morgan fingerprint density at radius 2 is 2.11 bits per heavy atom. The third kappa shape index (κ3) is 5.18. The smallest absolute Gasteiger partial charge is 0.211 e. The number of unbranched alkanes of at least 4 members (excludes halogenated alkanes) is 1. The van der Waals surface area contributed by atoms with Crippen molar-refractivity contribution in [3.05, 3.63) is 41.8 Å². The van der Waals surface area contributed by atoms with Crippen molar-refractivity contribution in [2.24, 2.45) is 0 Å². The highest BCUT2D eigenvalue weighted by Gasteiger charge is 2.10. The van der Waals surface area contributed by atoms with E-state index in [9.17, 15) is 8.42 Å². The third-order valence-corrected chi connectivity index (χ3v) is 5.74. The summed E-state index contributed by atoms with van der Waals surface area (Å²) in [6, 6.07) is 7.54. The molecule has 0 saturated heterocycles. The molecule has 0 spiro atoms. The molecule has 0 unspecified atom stereocenters. The monoisotopic (exact) mass is 407 g/mol. The summed E-state index contributed by atoms with van der Waals surface area (Å²) in [5, 5.41) is 4.47. The number of sulfonamides is 1. The molecule has 3 heterocycles. The van der Waals surface area contributed by atoms with Gasteiger partial charge in [0.25, 0.3) is 0 Å². The number of aromatic nitrogens is 3. The second-order valence-corrected chi connectivity index (χ2v) is 8.47. The third-order valence-electron chi connectivity index (χ3n) is 4.08. The molecule has 0 fully saturated rings. The molecule has 0 atom stereocenters. The number of nitrogens with one attached hydrogen (secondary N) is 3. The molecule has 3 rings (SSSR count). The number of aromatic amines is 1. The van der Waals surface area contributed by atoms with Crippen molar-refractivity contribution in [1.29, 1.82) is 0 Å². The summed E-state index contributed by atoms with van der Waals surface area (Å²) in [6.45, 7) is 2.66. The van der Waals surface area contributed by atoms with Crippen LogP contribution in [0.1, 0.15) is 19.8 Å². The normalized spacial score (nSPS) is 11.8. The fourth-order valence-electron chi connectivity index (χ4n) is 2.74. The zero-order valence-corrected chi connectivity index (χ0v) is 16.6. The van der Waals surface area contributed by atoms with E-state index in [4.69, 9.17) is 11.6 Å². The van der Waals surface area contributed by atoms with Crippen LogP contribution < -0.4 is 10.0 Å². The van der Waals surface area contributed by atoms with Crippen LogP contribution in [-0.2, 0) is 10.0 Å². The van der Waals surface area contributed by atoms with E-state index >= 15 is 0 Å². The van der Waals surface area contributed by atoms with Gasteiger partial charge in [-0.05, 0) is 36.2 Å². The first-order valence-electron chi connectivity index (χ1n) is 8.80. The summed E-state index contributed by atoms with van der Waals surface area (Å²) in [4.78, 5) is 11.7. The van der Waals surface area contributed by atoms with E-state index in [-0.39, 0.29) is 12.3 Å². The number of pyridine rings is 2. The molecular formula is C18H22ClN5O2S. The molecular weight excluding hydrogens is 386 g/mol. The van der Waals surface area contributed by atoms with Crippen LogP contribution in [0, 0.1) is 0 Å². The molecule has 3 aromatic heterocycles. The number of fused-ring (bicyclic) bond motifs is 1. The Kier molecular flexibility index (Phi) is 6.30. The van der Waals surface area contributed by atoms with Crippen molar-refractivity contribution in [1.82, 2.24) is 19.7 Å². The molecule has 9 heteroatoms. The molecule has 0 aliphatic heterocycles. The lowest BCUT2D eigenvalue weighted by Crippen LogP contribution is -2.30. The molecule has 3 aromatic rings. The average molecular weight is 408 g/mol. The summed E-state index contributed by atoms with van der Waals surface area (Å²) >= 11 is 6.17. The topological polar surface area (TPSA) is 99.8 Å². The summed E-state index contributed by atoms with van der Waals surface area (Å²) < 4.78 is 26.2. The van der Waals surface area contributed by atoms with Crippen molar-refractivity contribution in [3.8, 4) is 11.1 Å². The Balaban J connectivity index is 1.68. The van der Waals surface area contributed by atoms with Crippen molar-refractivity contribution in [3.63, 3.8) is 0 Å². The van der Waals surface area contributed by atoms with E-state index in [1.165, 1.54) is 0 Å². The summed E-state index contributed by atoms with van der Waals surface area (Å²) in [5.74, 6) is 0.737. The highest BCUT2D eigenvalue weighted by atomic mass is 35.5. The van der Waals surface area contributed by atoms with Crippen LogP contribution in [0.3, 0.4) is 0 Å². The first-order valence-corrected chi connectivity index (χ1v) is 10.8. The van der Waals surface area contributed by atoms with Gasteiger partial charge >= 0.3 is 0 Å². The van der Waals surface area contributed by atoms with Gasteiger partial charge in [-0.15, -0.1) is 0 Å². The zero-order valence-electron chi connectivity index (χ0n) is 15.0. The van der Waals surface area contributed by atoms with E-state index in [0.29, 0.717) is 23.9 Å². The Hall–Kier alpha value is -2.16. The standard InChI is InChI=1S/C18H22ClN5O2S/c1-2-3-9-27(25,26)23-8-7-20-17-11-13(10-16(19)24-17)15-12-22-18-14(15)5-4-6-21-18/h4-6,10-12,23H,2-3,7-9H2,1H3,(H,20,24)(H,21,22). The van der Waals surface area contributed by atoms with Crippen LogP contribution in [0.15, 0.2) is 36.7 Å². The highest BCUT2D eigenvalue weighted by molar-refractivity contribution is 7.89. The molecule has 7 nitrogen and oxygen atoms in total. The molecule has 0 bridgehead atoms. The Morgan fingerprint density at radius 3 is 2.93 bits per heavy atom. The maximum Gasteiger partial charge on any atom is 0.211 e. The van der Waals surface area contributed by atoms with Crippen molar-refractivity contribution in [2.75, 3.05) is 24.2 Å². The van der Waals surface area contributed by atoms with E-state index < -0.39 is 10.0 Å². The van der Waals surface area contributed by atoms with Crippen molar-refractivity contribution < 1.29 is 8.42 Å². The largest absolute Gasteiger partial charge is 0.369 e. The second kappa shape index (κ2) is 8.69. The van der Waals surface area contributed by atoms with E-state index in [1.807, 2.05) is 31.3 Å². The molecule has 0 aliphatic rings. The summed E-state index contributed by atoms with van der Waals surface area (Å²) in [6.07, 6.45) is 5.12. The van der Waals surface area contributed by atoms with Crippen LogP contribution in [0.25, 0.3) is 22.2 Å². The Morgan fingerprint density at radius 1 is 1.26 bits per heavy atom.